The monoisotopic (exact) mass is 733 g/mol. The van der Waals surface area contributed by atoms with Gasteiger partial charge < -0.3 is 39.3 Å². The molecule has 0 spiro atoms. The maximum atomic E-state index is 14.2. The van der Waals surface area contributed by atoms with Gasteiger partial charge in [0.1, 0.15) is 0 Å². The molecule has 13 heteroatoms. The third kappa shape index (κ3) is 9.35. The van der Waals surface area contributed by atoms with Gasteiger partial charge in [0.2, 0.25) is 0 Å². The van der Waals surface area contributed by atoms with E-state index in [1.807, 2.05) is 36.1 Å². The topological polar surface area (TPSA) is 141 Å². The van der Waals surface area contributed by atoms with Crippen molar-refractivity contribution in [2.24, 2.45) is 5.92 Å². The van der Waals surface area contributed by atoms with Gasteiger partial charge in [0.15, 0.2) is 17.6 Å². The summed E-state index contributed by atoms with van der Waals surface area (Å²) in [5.41, 5.74) is 3.27. The summed E-state index contributed by atoms with van der Waals surface area (Å²) < 4.78 is 16.6. The number of phenols is 1. The number of likely N-dealkylation sites (tertiary alicyclic amines) is 1. The quantitative estimate of drug-likeness (QED) is 0.324. The molecule has 4 amide bonds. The average molecular weight is 734 g/mol. The highest BCUT2D eigenvalue weighted by atomic mass is 16.6. The molecule has 0 aromatic heterocycles. The number of hydrogen-bond acceptors (Lipinski definition) is 9. The number of piperazine rings is 1. The van der Waals surface area contributed by atoms with Crippen LogP contribution in [0.3, 0.4) is 0 Å². The highest BCUT2D eigenvalue weighted by Gasteiger charge is 2.37. The Morgan fingerprint density at radius 1 is 0.906 bits per heavy atom. The largest absolute Gasteiger partial charge is 0.504 e. The normalized spacial score (nSPS) is 21.9. The predicted octanol–water partition coefficient (Wildman–Crippen LogP) is 4.97. The standard InChI is InChI=1S/C40H55N5O8/c1-4-52-36(46)26-28-9-11-31(12-10-28)42-19-21-43(22-20-42)38(48)35(25-29-23-27(2)37(47)34(24-29)51-3)53-40(50)44-16-14-32(15-17-44)45-18-13-30-7-5-6-8-33(30)41-39(45)49/h5-8,23-24,28,31-32,35,47H,4,9-22,25-26H2,1-3H3,(H,41,49)/t28?,31?,35-/m1/s1. The minimum Gasteiger partial charge on any atom is -0.504 e. The van der Waals surface area contributed by atoms with Crippen molar-refractivity contribution in [2.75, 3.05) is 64.8 Å². The summed E-state index contributed by atoms with van der Waals surface area (Å²) in [5, 5.41) is 13.5. The van der Waals surface area contributed by atoms with Crippen LogP contribution >= 0.6 is 0 Å². The number of nitrogens with one attached hydrogen (secondary N) is 1. The van der Waals surface area contributed by atoms with Crippen molar-refractivity contribution in [2.45, 2.75) is 89.8 Å². The van der Waals surface area contributed by atoms with Crippen LogP contribution in [0.15, 0.2) is 36.4 Å². The van der Waals surface area contributed by atoms with Gasteiger partial charge in [-0.15, -0.1) is 0 Å². The van der Waals surface area contributed by atoms with Crippen molar-refractivity contribution in [1.29, 1.82) is 0 Å². The van der Waals surface area contributed by atoms with Crippen LogP contribution < -0.4 is 10.1 Å². The second kappa shape index (κ2) is 17.5. The number of para-hydroxylation sites is 1. The molecule has 1 atom stereocenters. The van der Waals surface area contributed by atoms with Crippen LogP contribution in [0.2, 0.25) is 0 Å². The number of hydrogen-bond donors (Lipinski definition) is 2. The number of ether oxygens (including phenoxy) is 3. The van der Waals surface area contributed by atoms with E-state index < -0.39 is 12.2 Å². The summed E-state index contributed by atoms with van der Waals surface area (Å²) in [7, 11) is 1.48. The first-order valence-electron chi connectivity index (χ1n) is 19.3. The number of methoxy groups -OCH3 is 1. The Kier molecular flexibility index (Phi) is 12.6. The Bertz CT molecular complexity index is 1610. The zero-order valence-electron chi connectivity index (χ0n) is 31.4. The van der Waals surface area contributed by atoms with Crippen molar-refractivity contribution in [3.8, 4) is 11.5 Å². The number of benzene rings is 2. The lowest BCUT2D eigenvalue weighted by atomic mass is 9.83. The smallest absolute Gasteiger partial charge is 0.410 e. The molecular formula is C40H55N5O8. The fraction of sp³-hybridized carbons (Fsp3) is 0.600. The molecule has 2 aromatic rings. The van der Waals surface area contributed by atoms with Gasteiger partial charge >= 0.3 is 18.1 Å². The lowest BCUT2D eigenvalue weighted by Crippen LogP contribution is -2.55. The number of urea groups is 1. The first-order valence-corrected chi connectivity index (χ1v) is 19.3. The maximum absolute atomic E-state index is 14.2. The van der Waals surface area contributed by atoms with E-state index in [0.29, 0.717) is 87.4 Å². The van der Waals surface area contributed by atoms with E-state index in [9.17, 15) is 24.3 Å². The van der Waals surface area contributed by atoms with E-state index in [4.69, 9.17) is 14.2 Å². The summed E-state index contributed by atoms with van der Waals surface area (Å²) in [6.07, 6.45) is 5.02. The van der Waals surface area contributed by atoms with E-state index in [1.54, 1.807) is 28.9 Å². The Morgan fingerprint density at radius 2 is 1.62 bits per heavy atom. The number of esters is 1. The summed E-state index contributed by atoms with van der Waals surface area (Å²) in [6, 6.07) is 11.6. The van der Waals surface area contributed by atoms with Gasteiger partial charge in [-0.05, 0) is 93.5 Å². The highest BCUT2D eigenvalue weighted by molar-refractivity contribution is 5.91. The van der Waals surface area contributed by atoms with Crippen molar-refractivity contribution in [3.63, 3.8) is 0 Å². The highest BCUT2D eigenvalue weighted by Crippen LogP contribution is 2.33. The van der Waals surface area contributed by atoms with Gasteiger partial charge in [0.05, 0.1) is 13.7 Å². The lowest BCUT2D eigenvalue weighted by molar-refractivity contribution is -0.144. The Hall–Kier alpha value is -4.52. The van der Waals surface area contributed by atoms with Crippen LogP contribution in [0.4, 0.5) is 15.3 Å². The molecule has 1 aliphatic carbocycles. The van der Waals surface area contributed by atoms with Gasteiger partial charge in [0.25, 0.3) is 5.91 Å². The van der Waals surface area contributed by atoms with E-state index in [1.165, 1.54) is 7.11 Å². The van der Waals surface area contributed by atoms with Gasteiger partial charge in [-0.25, -0.2) is 9.59 Å². The van der Waals surface area contributed by atoms with Crippen molar-refractivity contribution in [3.05, 3.63) is 53.1 Å². The minimum atomic E-state index is -1.06. The molecule has 0 unspecified atom stereocenters. The number of carbonyl (C=O) groups excluding carboxylic acids is 4. The number of aromatic hydroxyl groups is 1. The van der Waals surface area contributed by atoms with E-state index >= 15 is 0 Å². The molecule has 0 bridgehead atoms. The van der Waals surface area contributed by atoms with Crippen molar-refractivity contribution >= 4 is 29.7 Å². The molecule has 288 valence electrons. The molecule has 6 rings (SSSR count). The predicted molar refractivity (Wildman–Crippen MR) is 199 cm³/mol. The maximum Gasteiger partial charge on any atom is 0.410 e. The summed E-state index contributed by atoms with van der Waals surface area (Å²) in [6.45, 7) is 7.95. The molecule has 0 radical (unpaired) electrons. The Balaban J connectivity index is 1.06. The van der Waals surface area contributed by atoms with Crippen molar-refractivity contribution in [1.82, 2.24) is 19.6 Å². The number of aryl methyl sites for hydroxylation is 1. The van der Waals surface area contributed by atoms with Crippen LogP contribution in [0.25, 0.3) is 0 Å². The molecule has 2 N–H and O–H groups in total. The minimum absolute atomic E-state index is 0.0119. The first kappa shape index (κ1) is 38.2. The van der Waals surface area contributed by atoms with Crippen LogP contribution in [0.5, 0.6) is 11.5 Å². The lowest BCUT2D eigenvalue weighted by Gasteiger charge is -2.42. The molecule has 4 aliphatic rings. The molecule has 2 saturated heterocycles. The summed E-state index contributed by atoms with van der Waals surface area (Å²) in [5.74, 6) is 0.342. The first-order chi connectivity index (χ1) is 25.6. The zero-order valence-corrected chi connectivity index (χ0v) is 31.4. The van der Waals surface area contributed by atoms with Gasteiger partial charge in [-0.2, -0.15) is 0 Å². The van der Waals surface area contributed by atoms with Crippen molar-refractivity contribution < 1.29 is 38.5 Å². The summed E-state index contributed by atoms with van der Waals surface area (Å²) in [4.78, 5) is 60.7. The number of fused-ring (bicyclic) bond motifs is 1. The molecule has 3 heterocycles. The van der Waals surface area contributed by atoms with Gasteiger partial charge in [-0.1, -0.05) is 24.3 Å². The molecule has 1 saturated carbocycles. The van der Waals surface area contributed by atoms with Gasteiger partial charge in [0, 0.05) is 76.4 Å². The molecular weight excluding hydrogens is 678 g/mol. The number of phenolic OH excluding ortho intramolecular Hbond substituents is 1. The third-order valence-electron chi connectivity index (χ3n) is 11.5. The zero-order chi connectivity index (χ0) is 37.5. The van der Waals surface area contributed by atoms with Crippen LogP contribution in [0, 0.1) is 12.8 Å². The number of anilines is 1. The molecule has 2 aromatic carbocycles. The number of amides is 4. The Labute approximate surface area is 312 Å². The number of carbonyl (C=O) groups is 4. The molecule has 53 heavy (non-hydrogen) atoms. The van der Waals surface area contributed by atoms with Gasteiger partial charge in [-0.3, -0.25) is 14.5 Å². The fourth-order valence-corrected chi connectivity index (χ4v) is 8.46. The van der Waals surface area contributed by atoms with E-state index in [-0.39, 0.29) is 36.1 Å². The average Bonchev–Trinajstić information content (AvgIpc) is 3.34. The SMILES string of the molecule is CCOC(=O)CC1CCC(N2CCN(C(=O)[C@@H](Cc3cc(C)c(O)c(OC)c3)OC(=O)N3CCC(N4CCc5ccccc5NC4=O)CC3)CC2)CC1. The molecule has 3 aliphatic heterocycles. The van der Waals surface area contributed by atoms with E-state index in [2.05, 4.69) is 10.2 Å². The third-order valence-corrected chi connectivity index (χ3v) is 11.5. The Morgan fingerprint density at radius 3 is 2.32 bits per heavy atom. The van der Waals surface area contributed by atoms with Crippen LogP contribution in [0.1, 0.15) is 68.6 Å². The summed E-state index contributed by atoms with van der Waals surface area (Å²) >= 11 is 0. The number of nitrogens with zero attached hydrogens (tertiary/aromatic N) is 4. The van der Waals surface area contributed by atoms with E-state index in [0.717, 1.165) is 56.4 Å². The molecule has 3 fully saturated rings. The number of piperidine rings is 1. The van der Waals surface area contributed by atoms with Crippen LogP contribution in [-0.2, 0) is 31.9 Å². The molecule has 13 nitrogen and oxygen atoms in total. The number of rotatable bonds is 10. The second-order valence-corrected chi connectivity index (χ2v) is 14.8. The fourth-order valence-electron chi connectivity index (χ4n) is 8.46. The second-order valence-electron chi connectivity index (χ2n) is 14.8. The van der Waals surface area contributed by atoms with Crippen LogP contribution in [-0.4, -0.2) is 126 Å².